The van der Waals surface area contributed by atoms with Crippen molar-refractivity contribution < 1.29 is 39.3 Å². The number of hydrogen-bond donors (Lipinski definition) is 5. The van der Waals surface area contributed by atoms with Gasteiger partial charge in [0.2, 0.25) is 11.8 Å². The van der Waals surface area contributed by atoms with Crippen LogP contribution < -0.4 is 10.8 Å². The van der Waals surface area contributed by atoms with E-state index < -0.39 is 18.2 Å². The zero-order valence-corrected chi connectivity index (χ0v) is 27.7. The first-order chi connectivity index (χ1) is 23.8. The Morgan fingerprint density at radius 3 is 2.14 bits per heavy atom. The Hall–Kier alpha value is -4.52. The molecule has 2 amide bonds. The number of carboxylic acid groups (broad SMARTS) is 1. The summed E-state index contributed by atoms with van der Waals surface area (Å²) in [5.41, 5.74) is 7.46. The number of ether oxygens (including phenoxy) is 2. The summed E-state index contributed by atoms with van der Waals surface area (Å²) >= 11 is 1.60. The highest BCUT2D eigenvalue weighted by Crippen LogP contribution is 2.40. The van der Waals surface area contributed by atoms with Crippen LogP contribution in [0.15, 0.2) is 102 Å². The molecular weight excluding hydrogens is 644 g/mol. The molecule has 4 aromatic rings. The molecule has 0 radical (unpaired) electrons. The van der Waals surface area contributed by atoms with Gasteiger partial charge in [-0.25, -0.2) is 10.3 Å². The monoisotopic (exact) mass is 684 g/mol. The van der Waals surface area contributed by atoms with Crippen LogP contribution in [-0.2, 0) is 32.2 Å². The molecule has 5 rings (SSSR count). The van der Waals surface area contributed by atoms with Gasteiger partial charge in [0.1, 0.15) is 0 Å². The van der Waals surface area contributed by atoms with E-state index in [9.17, 15) is 24.6 Å². The summed E-state index contributed by atoms with van der Waals surface area (Å²) in [6, 6.07) is 30.4. The molecule has 0 bridgehead atoms. The van der Waals surface area contributed by atoms with Crippen molar-refractivity contribution in [3.8, 4) is 11.1 Å². The number of nitrogens with one attached hydrogen (secondary N) is 2. The second-order valence-corrected chi connectivity index (χ2v) is 12.9. The Morgan fingerprint density at radius 1 is 0.796 bits per heavy atom. The van der Waals surface area contributed by atoms with Crippen molar-refractivity contribution in [2.24, 2.45) is 0 Å². The van der Waals surface area contributed by atoms with Gasteiger partial charge in [-0.1, -0.05) is 72.8 Å². The Labute approximate surface area is 289 Å². The van der Waals surface area contributed by atoms with Crippen molar-refractivity contribution in [2.45, 2.75) is 68.6 Å². The molecule has 0 unspecified atom stereocenters. The Morgan fingerprint density at radius 2 is 1.47 bits per heavy atom. The molecule has 0 spiro atoms. The van der Waals surface area contributed by atoms with E-state index in [1.165, 1.54) is 0 Å². The molecule has 1 saturated heterocycles. The van der Waals surface area contributed by atoms with E-state index in [2.05, 4.69) is 5.32 Å². The average molecular weight is 685 g/mol. The fourth-order valence-electron chi connectivity index (χ4n) is 5.59. The van der Waals surface area contributed by atoms with E-state index in [0.717, 1.165) is 38.3 Å². The van der Waals surface area contributed by atoms with Gasteiger partial charge in [0.05, 0.1) is 24.4 Å². The average Bonchev–Trinajstić information content (AvgIpc) is 3.15. The molecule has 3 atom stereocenters. The van der Waals surface area contributed by atoms with Crippen molar-refractivity contribution in [3.63, 3.8) is 0 Å². The number of carbonyl (C=O) groups excluding carboxylic acids is 2. The lowest BCUT2D eigenvalue weighted by Crippen LogP contribution is -2.31. The zero-order valence-electron chi connectivity index (χ0n) is 26.9. The number of carboxylic acids is 1. The predicted octanol–water partition coefficient (Wildman–Crippen LogP) is 6.56. The maximum atomic E-state index is 12.4. The molecule has 256 valence electrons. The first kappa shape index (κ1) is 35.8. The van der Waals surface area contributed by atoms with Crippen LogP contribution in [0.4, 0.5) is 0 Å². The number of rotatable bonds is 15. The Bertz CT molecular complexity index is 1700. The van der Waals surface area contributed by atoms with E-state index >= 15 is 0 Å². The van der Waals surface area contributed by atoms with E-state index in [4.69, 9.17) is 14.7 Å². The lowest BCUT2D eigenvalue weighted by atomic mass is 9.97. The van der Waals surface area contributed by atoms with Crippen LogP contribution in [-0.4, -0.2) is 45.1 Å². The third-order valence-corrected chi connectivity index (χ3v) is 9.47. The van der Waals surface area contributed by atoms with Crippen molar-refractivity contribution in [2.75, 3.05) is 5.75 Å². The van der Waals surface area contributed by atoms with Gasteiger partial charge in [-0.05, 0) is 64.9 Å². The second-order valence-electron chi connectivity index (χ2n) is 11.8. The van der Waals surface area contributed by atoms with Crippen LogP contribution in [0.25, 0.3) is 11.1 Å². The molecule has 1 aliphatic rings. The normalized spacial score (nSPS) is 17.3. The first-order valence-corrected chi connectivity index (χ1v) is 17.2. The summed E-state index contributed by atoms with van der Waals surface area (Å²) in [7, 11) is 0. The lowest BCUT2D eigenvalue weighted by Gasteiger charge is -2.36. The number of aliphatic hydroxyl groups is 1. The number of unbranched alkanes of at least 4 members (excludes halogenated alkanes) is 1. The molecule has 1 fully saturated rings. The van der Waals surface area contributed by atoms with Crippen molar-refractivity contribution in [1.29, 1.82) is 0 Å². The minimum absolute atomic E-state index is 0.0350. The second kappa shape index (κ2) is 17.8. The Kier molecular flexibility index (Phi) is 13.0. The van der Waals surface area contributed by atoms with Crippen LogP contribution in [0.3, 0.4) is 0 Å². The third-order valence-electron chi connectivity index (χ3n) is 8.32. The molecule has 1 heterocycles. The fourth-order valence-corrected chi connectivity index (χ4v) is 6.51. The number of aromatic carboxylic acids is 1. The highest BCUT2D eigenvalue weighted by Gasteiger charge is 2.32. The van der Waals surface area contributed by atoms with Crippen LogP contribution >= 0.6 is 11.8 Å². The molecular formula is C38H40N2O8S. The minimum atomic E-state index is -0.959. The number of carbonyl (C=O) groups is 3. The van der Waals surface area contributed by atoms with Gasteiger partial charge < -0.3 is 25.0 Å². The molecule has 11 heteroatoms. The molecule has 0 saturated carbocycles. The fraction of sp³-hybridized carbons (Fsp3) is 0.289. The van der Waals surface area contributed by atoms with Gasteiger partial charge in [0.25, 0.3) is 0 Å². The van der Waals surface area contributed by atoms with Crippen molar-refractivity contribution in [1.82, 2.24) is 10.8 Å². The molecule has 10 nitrogen and oxygen atoms in total. The van der Waals surface area contributed by atoms with Gasteiger partial charge in [-0.15, -0.1) is 11.8 Å². The summed E-state index contributed by atoms with van der Waals surface area (Å²) in [4.78, 5) is 35.8. The van der Waals surface area contributed by atoms with Gasteiger partial charge in [-0.3, -0.25) is 14.8 Å². The van der Waals surface area contributed by atoms with E-state index in [0.29, 0.717) is 38.0 Å². The van der Waals surface area contributed by atoms with E-state index in [-0.39, 0.29) is 36.7 Å². The summed E-state index contributed by atoms with van der Waals surface area (Å²) in [6.07, 6.45) is 1.14. The predicted molar refractivity (Wildman–Crippen MR) is 185 cm³/mol. The van der Waals surface area contributed by atoms with Gasteiger partial charge in [0, 0.05) is 42.0 Å². The molecule has 4 aromatic carbocycles. The molecule has 5 N–H and O–H groups in total. The summed E-state index contributed by atoms with van der Waals surface area (Å²) in [6.45, 7) is 0.324. The lowest BCUT2D eigenvalue weighted by molar-refractivity contribution is -0.245. The molecule has 49 heavy (non-hydrogen) atoms. The van der Waals surface area contributed by atoms with Crippen molar-refractivity contribution in [3.05, 3.63) is 125 Å². The van der Waals surface area contributed by atoms with Crippen LogP contribution in [0.1, 0.15) is 77.1 Å². The number of hydrogen-bond acceptors (Lipinski definition) is 8. The van der Waals surface area contributed by atoms with Crippen LogP contribution in [0, 0.1) is 0 Å². The van der Waals surface area contributed by atoms with E-state index in [1.54, 1.807) is 41.5 Å². The molecule has 0 aliphatic carbocycles. The maximum Gasteiger partial charge on any atom is 0.335 e. The highest BCUT2D eigenvalue weighted by atomic mass is 32.2. The summed E-state index contributed by atoms with van der Waals surface area (Å²) in [5, 5.41) is 30.3. The number of hydroxylamine groups is 1. The van der Waals surface area contributed by atoms with Crippen LogP contribution in [0.5, 0.6) is 0 Å². The number of thioether (sulfide) groups is 1. The number of aliphatic hydroxyl groups excluding tert-OH is 1. The third kappa shape index (κ3) is 10.2. The zero-order chi connectivity index (χ0) is 34.6. The SMILES string of the molecule is O=C(CCCCC(=O)NCc1ccccc1-c1ccc([C@@H]2O[C@H](CSc3ccc(C(=O)O)cc3)C[C@H](c3ccc(CO)cc3)O2)cc1)NO. The molecule has 1 aliphatic heterocycles. The van der Waals surface area contributed by atoms with Gasteiger partial charge in [0.15, 0.2) is 6.29 Å². The standard InChI is InChI=1S/C38H40N2O8S/c41-23-25-9-11-27(12-10-25)34-21-31(24-49-32-19-17-28(18-20-32)37(44)45)47-38(48-34)29-15-13-26(14-16-29)33-6-2-1-5-30(33)22-39-35(42)7-3-4-8-36(43)40-46/h1-2,5-6,9-20,31,34,38,41,46H,3-4,7-8,21-24H2,(H,39,42)(H,40,43)(H,44,45)/t31-,34+,38+/m0/s1. The topological polar surface area (TPSA) is 154 Å². The van der Waals surface area contributed by atoms with Crippen molar-refractivity contribution >= 4 is 29.5 Å². The number of benzene rings is 4. The van der Waals surface area contributed by atoms with Gasteiger partial charge in [-0.2, -0.15) is 0 Å². The summed E-state index contributed by atoms with van der Waals surface area (Å²) < 4.78 is 13.0. The smallest absolute Gasteiger partial charge is 0.335 e. The summed E-state index contributed by atoms with van der Waals surface area (Å²) in [5.74, 6) is -0.880. The van der Waals surface area contributed by atoms with E-state index in [1.807, 2.05) is 72.8 Å². The quantitative estimate of drug-likeness (QED) is 0.0405. The van der Waals surface area contributed by atoms with Crippen LogP contribution in [0.2, 0.25) is 0 Å². The first-order valence-electron chi connectivity index (χ1n) is 16.2. The minimum Gasteiger partial charge on any atom is -0.478 e. The molecule has 0 aromatic heterocycles. The Balaban J connectivity index is 1.26. The maximum absolute atomic E-state index is 12.4. The van der Waals surface area contributed by atoms with Gasteiger partial charge >= 0.3 is 5.97 Å². The number of amides is 2. The highest BCUT2D eigenvalue weighted by molar-refractivity contribution is 7.99. The largest absolute Gasteiger partial charge is 0.478 e.